The molecule has 0 atom stereocenters. The maximum Gasteiger partial charge on any atom is 0.244 e. The predicted molar refractivity (Wildman–Crippen MR) is 67.1 cm³/mol. The van der Waals surface area contributed by atoms with E-state index in [1.165, 1.54) is 25.1 Å². The summed E-state index contributed by atoms with van der Waals surface area (Å²) in [5, 5.41) is 5.11. The van der Waals surface area contributed by atoms with Gasteiger partial charge in [-0.25, -0.2) is 4.39 Å². The van der Waals surface area contributed by atoms with Crippen LogP contribution in [0.3, 0.4) is 0 Å². The molecule has 96 valence electrons. The van der Waals surface area contributed by atoms with E-state index < -0.39 is 0 Å². The van der Waals surface area contributed by atoms with Crippen molar-refractivity contribution in [3.8, 4) is 0 Å². The average molecular weight is 250 g/mol. The molecule has 2 amide bonds. The Hall–Kier alpha value is -2.17. The van der Waals surface area contributed by atoms with Gasteiger partial charge in [0.25, 0.3) is 0 Å². The summed E-state index contributed by atoms with van der Waals surface area (Å²) >= 11 is 0. The first-order chi connectivity index (χ1) is 8.59. The minimum Gasteiger partial charge on any atom is -0.355 e. The van der Waals surface area contributed by atoms with Gasteiger partial charge in [0.2, 0.25) is 11.8 Å². The second-order valence-corrected chi connectivity index (χ2v) is 3.63. The van der Waals surface area contributed by atoms with Crippen LogP contribution < -0.4 is 10.6 Å². The van der Waals surface area contributed by atoms with Crippen LogP contribution in [0.4, 0.5) is 4.39 Å². The van der Waals surface area contributed by atoms with Crippen LogP contribution in [0.1, 0.15) is 12.5 Å². The van der Waals surface area contributed by atoms with Gasteiger partial charge in [0.1, 0.15) is 5.82 Å². The second kappa shape index (κ2) is 7.21. The fraction of sp³-hybridized carbons (Fsp3) is 0.231. The Morgan fingerprint density at radius 2 is 1.89 bits per heavy atom. The Kier molecular flexibility index (Phi) is 5.57. The molecule has 0 aliphatic heterocycles. The van der Waals surface area contributed by atoms with Crippen molar-refractivity contribution in [2.24, 2.45) is 0 Å². The maximum atomic E-state index is 13.2. The Morgan fingerprint density at radius 1 is 1.22 bits per heavy atom. The van der Waals surface area contributed by atoms with Crippen molar-refractivity contribution in [1.29, 1.82) is 0 Å². The van der Waals surface area contributed by atoms with Crippen LogP contribution in [-0.2, 0) is 9.59 Å². The van der Waals surface area contributed by atoms with Gasteiger partial charge in [-0.05, 0) is 12.1 Å². The first-order valence-electron chi connectivity index (χ1n) is 5.54. The molecule has 2 N–H and O–H groups in total. The van der Waals surface area contributed by atoms with E-state index in [0.717, 1.165) is 0 Å². The van der Waals surface area contributed by atoms with Gasteiger partial charge in [0.05, 0.1) is 0 Å². The minimum absolute atomic E-state index is 0.147. The molecule has 4 nitrogen and oxygen atoms in total. The van der Waals surface area contributed by atoms with Crippen LogP contribution in [0, 0.1) is 5.82 Å². The number of amides is 2. The number of carbonyl (C=O) groups excluding carboxylic acids is 2. The smallest absolute Gasteiger partial charge is 0.244 e. The lowest BCUT2D eigenvalue weighted by Crippen LogP contribution is -2.32. The van der Waals surface area contributed by atoms with Crippen molar-refractivity contribution < 1.29 is 14.0 Å². The zero-order chi connectivity index (χ0) is 13.4. The molecule has 0 bridgehead atoms. The Morgan fingerprint density at radius 3 is 2.56 bits per heavy atom. The highest BCUT2D eigenvalue weighted by atomic mass is 19.1. The fourth-order valence-corrected chi connectivity index (χ4v) is 1.26. The van der Waals surface area contributed by atoms with E-state index in [4.69, 9.17) is 0 Å². The van der Waals surface area contributed by atoms with Crippen LogP contribution >= 0.6 is 0 Å². The van der Waals surface area contributed by atoms with Gasteiger partial charge in [0.15, 0.2) is 0 Å². The van der Waals surface area contributed by atoms with Crippen molar-refractivity contribution in [3.05, 3.63) is 41.7 Å². The SMILES string of the molecule is CC(=O)NCCNC(=O)C=Cc1ccccc1F. The summed E-state index contributed by atoms with van der Waals surface area (Å²) in [7, 11) is 0. The third kappa shape index (κ3) is 5.25. The molecule has 5 heteroatoms. The molecule has 1 aromatic carbocycles. The lowest BCUT2D eigenvalue weighted by Gasteiger charge is -2.02. The zero-order valence-electron chi connectivity index (χ0n) is 10.1. The van der Waals surface area contributed by atoms with E-state index in [-0.39, 0.29) is 17.6 Å². The number of halogens is 1. The summed E-state index contributed by atoms with van der Waals surface area (Å²) in [6.07, 6.45) is 2.66. The third-order valence-corrected chi connectivity index (χ3v) is 2.12. The van der Waals surface area contributed by atoms with Gasteiger partial charge in [0, 0.05) is 31.7 Å². The van der Waals surface area contributed by atoms with Crippen LogP contribution in [0.25, 0.3) is 6.08 Å². The number of carbonyl (C=O) groups is 2. The van der Waals surface area contributed by atoms with Crippen molar-refractivity contribution in [3.63, 3.8) is 0 Å². The van der Waals surface area contributed by atoms with Crippen LogP contribution in [0.15, 0.2) is 30.3 Å². The molecule has 0 aliphatic rings. The number of rotatable bonds is 5. The van der Waals surface area contributed by atoms with Gasteiger partial charge < -0.3 is 10.6 Å². The molecular formula is C13H15FN2O2. The minimum atomic E-state index is -0.375. The number of hydrogen-bond donors (Lipinski definition) is 2. The summed E-state index contributed by atoms with van der Waals surface area (Å²) in [6, 6.07) is 6.18. The molecule has 0 aromatic heterocycles. The molecule has 0 spiro atoms. The van der Waals surface area contributed by atoms with E-state index in [9.17, 15) is 14.0 Å². The normalized spacial score (nSPS) is 10.3. The summed E-state index contributed by atoms with van der Waals surface area (Å²) in [4.78, 5) is 21.9. The fourth-order valence-electron chi connectivity index (χ4n) is 1.26. The molecule has 0 heterocycles. The second-order valence-electron chi connectivity index (χ2n) is 3.63. The molecular weight excluding hydrogens is 235 g/mol. The summed E-state index contributed by atoms with van der Waals surface area (Å²) in [6.45, 7) is 2.11. The number of benzene rings is 1. The highest BCUT2D eigenvalue weighted by Gasteiger charge is 1.98. The molecule has 1 aromatic rings. The first-order valence-corrected chi connectivity index (χ1v) is 5.54. The van der Waals surface area contributed by atoms with Crippen LogP contribution in [0.5, 0.6) is 0 Å². The van der Waals surface area contributed by atoms with E-state index in [1.807, 2.05) is 0 Å². The Bertz CT molecular complexity index is 458. The summed E-state index contributed by atoms with van der Waals surface area (Å²) in [5.41, 5.74) is 0.356. The molecule has 18 heavy (non-hydrogen) atoms. The third-order valence-electron chi connectivity index (χ3n) is 2.12. The first kappa shape index (κ1) is 13.9. The molecule has 0 saturated carbocycles. The van der Waals surface area contributed by atoms with Crippen LogP contribution in [0.2, 0.25) is 0 Å². The standard InChI is InChI=1S/C13H15FN2O2/c1-10(17)15-8-9-16-13(18)7-6-11-4-2-3-5-12(11)14/h2-7H,8-9H2,1H3,(H,15,17)(H,16,18). The van der Waals surface area contributed by atoms with E-state index in [2.05, 4.69) is 10.6 Å². The van der Waals surface area contributed by atoms with E-state index >= 15 is 0 Å². The lowest BCUT2D eigenvalue weighted by molar-refractivity contribution is -0.119. The quantitative estimate of drug-likeness (QED) is 0.607. The average Bonchev–Trinajstić information content (AvgIpc) is 2.33. The molecule has 0 radical (unpaired) electrons. The highest BCUT2D eigenvalue weighted by molar-refractivity contribution is 5.91. The topological polar surface area (TPSA) is 58.2 Å². The Labute approximate surface area is 105 Å². The molecule has 0 fully saturated rings. The highest BCUT2D eigenvalue weighted by Crippen LogP contribution is 2.07. The monoisotopic (exact) mass is 250 g/mol. The largest absolute Gasteiger partial charge is 0.355 e. The van der Waals surface area contributed by atoms with E-state index in [0.29, 0.717) is 18.7 Å². The van der Waals surface area contributed by atoms with Gasteiger partial charge in [-0.1, -0.05) is 18.2 Å². The Balaban J connectivity index is 2.36. The molecule has 1 rings (SSSR count). The molecule has 0 aliphatic carbocycles. The molecule has 0 saturated heterocycles. The van der Waals surface area contributed by atoms with Gasteiger partial charge in [-0.3, -0.25) is 9.59 Å². The van der Waals surface area contributed by atoms with Crippen LogP contribution in [-0.4, -0.2) is 24.9 Å². The van der Waals surface area contributed by atoms with Crippen molar-refractivity contribution >= 4 is 17.9 Å². The van der Waals surface area contributed by atoms with Gasteiger partial charge in [-0.2, -0.15) is 0 Å². The predicted octanol–water partition coefficient (Wildman–Crippen LogP) is 1.09. The zero-order valence-corrected chi connectivity index (χ0v) is 10.1. The summed E-state index contributed by atoms with van der Waals surface area (Å²) < 4.78 is 13.2. The lowest BCUT2D eigenvalue weighted by atomic mass is 10.2. The number of hydrogen-bond acceptors (Lipinski definition) is 2. The number of nitrogens with one attached hydrogen (secondary N) is 2. The van der Waals surface area contributed by atoms with Crippen molar-refractivity contribution in [2.75, 3.05) is 13.1 Å². The van der Waals surface area contributed by atoms with Gasteiger partial charge in [-0.15, -0.1) is 0 Å². The van der Waals surface area contributed by atoms with Gasteiger partial charge >= 0.3 is 0 Å². The van der Waals surface area contributed by atoms with Crippen molar-refractivity contribution in [1.82, 2.24) is 10.6 Å². The molecule has 0 unspecified atom stereocenters. The van der Waals surface area contributed by atoms with E-state index in [1.54, 1.807) is 18.2 Å². The summed E-state index contributed by atoms with van der Waals surface area (Å²) in [5.74, 6) is -0.852. The van der Waals surface area contributed by atoms with Crippen molar-refractivity contribution in [2.45, 2.75) is 6.92 Å². The maximum absolute atomic E-state index is 13.2.